The minimum absolute atomic E-state index is 0.632. The van der Waals surface area contributed by atoms with Gasteiger partial charge in [-0.05, 0) is 35.5 Å². The molecule has 0 amide bonds. The minimum Gasteiger partial charge on any atom is -0.410 e. The third kappa shape index (κ3) is 8.17. The van der Waals surface area contributed by atoms with Gasteiger partial charge >= 0.3 is 0 Å². The average molecular weight is 618 g/mol. The zero-order chi connectivity index (χ0) is 29.2. The molecule has 4 aromatic rings. The summed E-state index contributed by atoms with van der Waals surface area (Å²) in [6.45, 7) is 0. The highest BCUT2D eigenvalue weighted by Gasteiger charge is 2.17. The Kier molecular flexibility index (Phi) is 11.8. The molecule has 8 heteroatoms. The van der Waals surface area contributed by atoms with E-state index in [0.29, 0.717) is 31.3 Å². The average Bonchev–Trinajstić information content (AvgIpc) is 2.97. The van der Waals surface area contributed by atoms with Gasteiger partial charge < -0.3 is 11.5 Å². The van der Waals surface area contributed by atoms with E-state index in [1.54, 1.807) is 0 Å². The van der Waals surface area contributed by atoms with Crippen LogP contribution in [0.2, 0.25) is 32.7 Å². The molecule has 0 saturated heterocycles. The molecule has 0 atom stereocenters. The van der Waals surface area contributed by atoms with E-state index in [-0.39, 0.29) is 0 Å². The van der Waals surface area contributed by atoms with Gasteiger partial charge in [-0.15, -0.1) is 0 Å². The predicted molar refractivity (Wildman–Crippen MR) is 181 cm³/mol. The maximum atomic E-state index is 6.63. The van der Waals surface area contributed by atoms with E-state index in [1.807, 2.05) is 97.1 Å². The molecule has 0 bridgehead atoms. The maximum absolute atomic E-state index is 6.63. The number of hydrogen-bond acceptors (Lipinski definition) is 2. The minimum atomic E-state index is 0.632. The Bertz CT molecular complexity index is 1340. The maximum Gasteiger partial charge on any atom is 0.174 e. The smallest absolute Gasteiger partial charge is 0.174 e. The van der Waals surface area contributed by atoms with Gasteiger partial charge in [0.15, 0.2) is 14.6 Å². The lowest BCUT2D eigenvalue weighted by Crippen LogP contribution is -2.12. The van der Waals surface area contributed by atoms with E-state index in [1.165, 1.54) is 0 Å². The molecule has 41 heavy (non-hydrogen) atoms. The predicted octanol–water partition coefficient (Wildman–Crippen LogP) is 9.77. The number of halogens is 4. The van der Waals surface area contributed by atoms with E-state index in [0.717, 1.165) is 65.3 Å². The lowest BCUT2D eigenvalue weighted by molar-refractivity contribution is 0.766. The van der Waals surface area contributed by atoms with Crippen LogP contribution < -0.4 is 11.5 Å². The molecule has 0 saturated carbocycles. The zero-order valence-electron chi connectivity index (χ0n) is 22.6. The summed E-state index contributed by atoms with van der Waals surface area (Å²) in [6, 6.07) is 30.7. The second-order valence-corrected chi connectivity index (χ2v) is 11.3. The van der Waals surface area contributed by atoms with Crippen LogP contribution in [0.5, 0.6) is 0 Å². The third-order valence-electron chi connectivity index (χ3n) is 6.79. The standard InChI is InChI=1S/C33H30B2Cl4N2/c36-26-16-6-2-12-22(26)30(23-13-3-7-17-27(23)37)32(40)34-20-10-1-11-21-35-33(41)31(24-14-4-8-18-28(24)38)25-15-5-9-19-29(25)39/h2-9,12-19H,1,10-11,20-21,40-41H2. The monoisotopic (exact) mass is 616 g/mol. The van der Waals surface area contributed by atoms with Gasteiger partial charge in [-0.2, -0.15) is 0 Å². The van der Waals surface area contributed by atoms with E-state index in [9.17, 15) is 0 Å². The molecule has 0 unspecified atom stereocenters. The van der Waals surface area contributed by atoms with Gasteiger partial charge in [-0.1, -0.05) is 151 Å². The number of hydrogen-bond donors (Lipinski definition) is 2. The van der Waals surface area contributed by atoms with E-state index in [2.05, 4.69) is 14.6 Å². The summed E-state index contributed by atoms with van der Waals surface area (Å²) in [5.41, 5.74) is 19.7. The van der Waals surface area contributed by atoms with Crippen LogP contribution in [0.3, 0.4) is 0 Å². The van der Waals surface area contributed by atoms with E-state index < -0.39 is 0 Å². The van der Waals surface area contributed by atoms with Crippen LogP contribution in [0, 0.1) is 0 Å². The topological polar surface area (TPSA) is 52.0 Å². The van der Waals surface area contributed by atoms with Crippen LogP contribution in [0.1, 0.15) is 41.5 Å². The second-order valence-electron chi connectivity index (χ2n) is 9.63. The molecule has 4 N–H and O–H groups in total. The fourth-order valence-electron chi connectivity index (χ4n) is 4.75. The van der Waals surface area contributed by atoms with Crippen LogP contribution in [0.15, 0.2) is 108 Å². The Hall–Kier alpha value is -2.75. The van der Waals surface area contributed by atoms with Gasteiger partial charge in [0.1, 0.15) is 0 Å². The largest absolute Gasteiger partial charge is 0.410 e. The van der Waals surface area contributed by atoms with Crippen molar-refractivity contribution in [3.8, 4) is 0 Å². The van der Waals surface area contributed by atoms with Gasteiger partial charge in [-0.25, -0.2) is 0 Å². The summed E-state index contributed by atoms with van der Waals surface area (Å²) in [5, 5.41) is 2.53. The summed E-state index contributed by atoms with van der Waals surface area (Å²) < 4.78 is 0. The Balaban J connectivity index is 1.39. The van der Waals surface area contributed by atoms with Crippen molar-refractivity contribution in [2.45, 2.75) is 31.9 Å². The summed E-state index contributed by atoms with van der Waals surface area (Å²) in [4.78, 5) is 0. The Morgan fingerprint density at radius 3 is 0.976 bits per heavy atom. The van der Waals surface area contributed by atoms with Crippen molar-refractivity contribution in [1.29, 1.82) is 0 Å². The molecule has 0 aliphatic heterocycles. The van der Waals surface area contributed by atoms with Crippen molar-refractivity contribution in [3.05, 3.63) is 151 Å². The summed E-state index contributed by atoms with van der Waals surface area (Å²) in [6.07, 6.45) is 4.66. The van der Waals surface area contributed by atoms with Gasteiger partial charge in [0.25, 0.3) is 0 Å². The van der Waals surface area contributed by atoms with Crippen molar-refractivity contribution in [2.75, 3.05) is 0 Å². The van der Waals surface area contributed by atoms with Crippen molar-refractivity contribution in [3.63, 3.8) is 0 Å². The normalized spacial score (nSPS) is 10.6. The van der Waals surface area contributed by atoms with E-state index in [4.69, 9.17) is 57.9 Å². The fourth-order valence-corrected chi connectivity index (χ4v) is 5.67. The first-order valence-electron chi connectivity index (χ1n) is 13.5. The van der Waals surface area contributed by atoms with Crippen LogP contribution >= 0.6 is 46.4 Å². The molecule has 0 aliphatic rings. The molecule has 0 aliphatic carbocycles. The highest BCUT2D eigenvalue weighted by molar-refractivity contribution is 6.48. The number of unbranched alkanes of at least 4 members (excludes halogenated alkanes) is 2. The van der Waals surface area contributed by atoms with Crippen LogP contribution in [0.4, 0.5) is 0 Å². The molecule has 2 nitrogen and oxygen atoms in total. The molecular weight excluding hydrogens is 588 g/mol. The van der Waals surface area contributed by atoms with Gasteiger partial charge in [0.2, 0.25) is 0 Å². The number of rotatable bonds is 12. The first-order chi connectivity index (χ1) is 19.9. The summed E-state index contributed by atoms with van der Waals surface area (Å²) in [5.74, 6) is 0. The van der Waals surface area contributed by atoms with Crippen LogP contribution in [-0.2, 0) is 0 Å². The van der Waals surface area contributed by atoms with Crippen molar-refractivity contribution in [2.24, 2.45) is 11.5 Å². The van der Waals surface area contributed by atoms with Crippen molar-refractivity contribution < 1.29 is 0 Å². The van der Waals surface area contributed by atoms with Gasteiger partial charge in [0, 0.05) is 53.5 Å². The first kappa shape index (κ1) is 31.2. The summed E-state index contributed by atoms with van der Waals surface area (Å²) in [7, 11) is 4.12. The Morgan fingerprint density at radius 2 is 0.707 bits per heavy atom. The quantitative estimate of drug-likeness (QED) is 0.123. The lowest BCUT2D eigenvalue weighted by Gasteiger charge is -2.16. The van der Waals surface area contributed by atoms with Gasteiger partial charge in [-0.3, -0.25) is 0 Å². The third-order valence-corrected chi connectivity index (χ3v) is 8.11. The molecule has 4 rings (SSSR count). The Morgan fingerprint density at radius 1 is 0.439 bits per heavy atom. The molecule has 0 aromatic heterocycles. The first-order valence-corrected chi connectivity index (χ1v) is 15.0. The molecule has 206 valence electrons. The van der Waals surface area contributed by atoms with Crippen LogP contribution in [0.25, 0.3) is 11.1 Å². The number of nitrogens with two attached hydrogens (primary N) is 2. The highest BCUT2D eigenvalue weighted by atomic mass is 35.5. The molecule has 0 heterocycles. The SMILES string of the molecule is NC([B]CCCCC[B]C(N)=C(c1ccccc1Cl)c1ccccc1Cl)=C(c1ccccc1Cl)c1ccccc1Cl. The number of benzene rings is 4. The molecule has 0 spiro atoms. The fraction of sp³-hybridized carbons (Fsp3) is 0.152. The molecular formula is C33H30B2Cl4N2. The lowest BCUT2D eigenvalue weighted by atomic mass is 9.65. The Labute approximate surface area is 264 Å². The molecule has 0 fully saturated rings. The van der Waals surface area contributed by atoms with Crippen molar-refractivity contribution >= 4 is 72.1 Å². The molecule has 2 radical (unpaired) electrons. The zero-order valence-corrected chi connectivity index (χ0v) is 25.6. The van der Waals surface area contributed by atoms with Crippen LogP contribution in [-0.4, -0.2) is 14.6 Å². The van der Waals surface area contributed by atoms with Gasteiger partial charge in [0.05, 0.1) is 0 Å². The second kappa shape index (κ2) is 15.5. The highest BCUT2D eigenvalue weighted by Crippen LogP contribution is 2.36. The van der Waals surface area contributed by atoms with E-state index >= 15 is 0 Å². The van der Waals surface area contributed by atoms with Crippen molar-refractivity contribution in [1.82, 2.24) is 0 Å². The summed E-state index contributed by atoms with van der Waals surface area (Å²) >= 11 is 26.2. The molecule has 4 aromatic carbocycles.